The van der Waals surface area contributed by atoms with Gasteiger partial charge in [0.2, 0.25) is 5.91 Å². The molecule has 0 N–H and O–H groups in total. The van der Waals surface area contributed by atoms with Crippen molar-refractivity contribution in [3.8, 4) is 0 Å². The lowest BCUT2D eigenvalue weighted by Gasteiger charge is -2.21. The number of hydrogen-bond acceptors (Lipinski definition) is 3. The van der Waals surface area contributed by atoms with Crippen molar-refractivity contribution < 1.29 is 9.21 Å². The van der Waals surface area contributed by atoms with Gasteiger partial charge < -0.3 is 9.32 Å². The predicted molar refractivity (Wildman–Crippen MR) is 97.5 cm³/mol. The van der Waals surface area contributed by atoms with E-state index in [1.54, 1.807) is 30.7 Å². The van der Waals surface area contributed by atoms with Crippen LogP contribution >= 0.6 is 0 Å². The minimum atomic E-state index is -0.0452. The quantitative estimate of drug-likeness (QED) is 0.615. The predicted octanol–water partition coefficient (Wildman–Crippen LogP) is 3.96. The summed E-state index contributed by atoms with van der Waals surface area (Å²) in [5, 5.41) is 0. The average Bonchev–Trinajstić information content (AvgIpc) is 3.18. The van der Waals surface area contributed by atoms with E-state index in [4.69, 9.17) is 4.42 Å². The summed E-state index contributed by atoms with van der Waals surface area (Å²) in [7, 11) is 0. The van der Waals surface area contributed by atoms with Crippen molar-refractivity contribution in [2.45, 2.75) is 13.0 Å². The Morgan fingerprint density at radius 1 is 1.04 bits per heavy atom. The van der Waals surface area contributed by atoms with Crippen LogP contribution in [0.25, 0.3) is 6.08 Å². The maximum atomic E-state index is 12.6. The van der Waals surface area contributed by atoms with Crippen molar-refractivity contribution in [3.05, 3.63) is 96.2 Å². The fourth-order valence-corrected chi connectivity index (χ4v) is 2.51. The van der Waals surface area contributed by atoms with Crippen molar-refractivity contribution >= 4 is 12.0 Å². The van der Waals surface area contributed by atoms with Gasteiger partial charge >= 0.3 is 0 Å². The molecule has 2 heterocycles. The molecule has 0 aliphatic carbocycles. The molecule has 1 amide bonds. The van der Waals surface area contributed by atoms with Crippen molar-refractivity contribution in [1.82, 2.24) is 9.88 Å². The minimum absolute atomic E-state index is 0.0452. The molecule has 4 heteroatoms. The number of rotatable bonds is 7. The third-order valence-corrected chi connectivity index (χ3v) is 3.83. The van der Waals surface area contributed by atoms with E-state index in [2.05, 4.69) is 4.98 Å². The fourth-order valence-electron chi connectivity index (χ4n) is 2.51. The zero-order valence-electron chi connectivity index (χ0n) is 13.9. The Bertz CT molecular complexity index is 796. The third-order valence-electron chi connectivity index (χ3n) is 3.83. The van der Waals surface area contributed by atoms with Crippen LogP contribution in [-0.2, 0) is 17.8 Å². The van der Waals surface area contributed by atoms with Crippen LogP contribution in [0.5, 0.6) is 0 Å². The summed E-state index contributed by atoms with van der Waals surface area (Å²) >= 11 is 0. The number of nitrogens with zero attached hydrogens (tertiary/aromatic N) is 2. The van der Waals surface area contributed by atoms with Gasteiger partial charge in [-0.15, -0.1) is 0 Å². The summed E-state index contributed by atoms with van der Waals surface area (Å²) in [5.74, 6) is 0.619. The second kappa shape index (κ2) is 8.64. The van der Waals surface area contributed by atoms with Crippen molar-refractivity contribution in [2.24, 2.45) is 0 Å². The summed E-state index contributed by atoms with van der Waals surface area (Å²) in [6.07, 6.45) is 7.33. The molecule has 0 radical (unpaired) electrons. The van der Waals surface area contributed by atoms with Crippen LogP contribution in [0.15, 0.2) is 83.6 Å². The van der Waals surface area contributed by atoms with E-state index < -0.39 is 0 Å². The Hall–Kier alpha value is -3.14. The molecule has 4 nitrogen and oxygen atoms in total. The molecule has 3 aromatic rings. The number of carbonyl (C=O) groups is 1. The monoisotopic (exact) mass is 332 g/mol. The third kappa shape index (κ3) is 5.18. The number of amides is 1. The molecule has 0 bridgehead atoms. The molecule has 0 aliphatic rings. The molecular formula is C21H20N2O2. The summed E-state index contributed by atoms with van der Waals surface area (Å²) in [4.78, 5) is 18.8. The average molecular weight is 332 g/mol. The second-order valence-electron chi connectivity index (χ2n) is 5.67. The van der Waals surface area contributed by atoms with Gasteiger partial charge in [-0.1, -0.05) is 36.4 Å². The lowest BCUT2D eigenvalue weighted by molar-refractivity contribution is -0.126. The van der Waals surface area contributed by atoms with Crippen molar-refractivity contribution in [1.29, 1.82) is 0 Å². The number of furan rings is 1. The van der Waals surface area contributed by atoms with Gasteiger partial charge in [-0.2, -0.15) is 0 Å². The lowest BCUT2D eigenvalue weighted by atomic mass is 10.2. The molecular weight excluding hydrogens is 312 g/mol. The zero-order valence-corrected chi connectivity index (χ0v) is 13.9. The topological polar surface area (TPSA) is 46.3 Å². The Morgan fingerprint density at radius 3 is 2.60 bits per heavy atom. The van der Waals surface area contributed by atoms with Gasteiger partial charge in [0.1, 0.15) is 5.76 Å². The highest BCUT2D eigenvalue weighted by atomic mass is 16.3. The first-order chi connectivity index (χ1) is 12.3. The highest BCUT2D eigenvalue weighted by Crippen LogP contribution is 2.09. The first-order valence-electron chi connectivity index (χ1n) is 8.25. The molecule has 0 fully saturated rings. The highest BCUT2D eigenvalue weighted by molar-refractivity contribution is 5.91. The van der Waals surface area contributed by atoms with Crippen LogP contribution < -0.4 is 0 Å². The van der Waals surface area contributed by atoms with Crippen LogP contribution in [0.4, 0.5) is 0 Å². The van der Waals surface area contributed by atoms with E-state index in [1.165, 1.54) is 0 Å². The molecule has 3 rings (SSSR count). The van der Waals surface area contributed by atoms with Crippen molar-refractivity contribution in [3.63, 3.8) is 0 Å². The van der Waals surface area contributed by atoms with Gasteiger partial charge in [-0.25, -0.2) is 0 Å². The van der Waals surface area contributed by atoms with Crippen LogP contribution in [-0.4, -0.2) is 22.3 Å². The number of benzene rings is 1. The first kappa shape index (κ1) is 16.7. The zero-order chi connectivity index (χ0) is 17.3. The van der Waals surface area contributed by atoms with Gasteiger partial charge in [0.15, 0.2) is 0 Å². The number of carbonyl (C=O) groups excluding carboxylic acids is 1. The maximum Gasteiger partial charge on any atom is 0.247 e. The maximum absolute atomic E-state index is 12.6. The van der Waals surface area contributed by atoms with Crippen LogP contribution in [0.1, 0.15) is 17.0 Å². The van der Waals surface area contributed by atoms with Crippen LogP contribution in [0.2, 0.25) is 0 Å². The van der Waals surface area contributed by atoms with E-state index in [-0.39, 0.29) is 5.91 Å². The van der Waals surface area contributed by atoms with Gasteiger partial charge in [0.05, 0.1) is 6.26 Å². The molecule has 0 atom stereocenters. The molecule has 2 aromatic heterocycles. The van der Waals surface area contributed by atoms with Gasteiger partial charge in [0.25, 0.3) is 0 Å². The standard InChI is InChI=1S/C21H20N2O2/c24-21(12-11-20-10-6-16-25-20)23(17-18-7-2-1-3-8-18)15-13-19-9-4-5-14-22-19/h1-12,14,16H,13,15,17H2/b12-11+. The summed E-state index contributed by atoms with van der Waals surface area (Å²) in [5.41, 5.74) is 2.08. The molecule has 0 unspecified atom stereocenters. The summed E-state index contributed by atoms with van der Waals surface area (Å²) < 4.78 is 5.24. The normalized spacial score (nSPS) is 10.9. The number of pyridine rings is 1. The second-order valence-corrected chi connectivity index (χ2v) is 5.67. The van der Waals surface area contributed by atoms with Gasteiger partial charge in [-0.3, -0.25) is 9.78 Å². The fraction of sp³-hybridized carbons (Fsp3) is 0.143. The van der Waals surface area contributed by atoms with Gasteiger partial charge in [-0.05, 0) is 35.9 Å². The van der Waals surface area contributed by atoms with Crippen molar-refractivity contribution in [2.75, 3.05) is 6.54 Å². The molecule has 25 heavy (non-hydrogen) atoms. The van der Waals surface area contributed by atoms with Gasteiger partial charge in [0, 0.05) is 37.5 Å². The molecule has 0 spiro atoms. The smallest absolute Gasteiger partial charge is 0.247 e. The lowest BCUT2D eigenvalue weighted by Crippen LogP contribution is -2.31. The minimum Gasteiger partial charge on any atom is -0.465 e. The largest absolute Gasteiger partial charge is 0.465 e. The van der Waals surface area contributed by atoms with Crippen LogP contribution in [0.3, 0.4) is 0 Å². The van der Waals surface area contributed by atoms with Crippen LogP contribution in [0, 0.1) is 0 Å². The first-order valence-corrected chi connectivity index (χ1v) is 8.25. The SMILES string of the molecule is O=C(/C=C/c1ccco1)N(CCc1ccccn1)Cc1ccccc1. The van der Waals surface area contributed by atoms with E-state index in [9.17, 15) is 4.79 Å². The number of hydrogen-bond donors (Lipinski definition) is 0. The van der Waals surface area contributed by atoms with E-state index in [0.29, 0.717) is 25.3 Å². The van der Waals surface area contributed by atoms with E-state index in [1.807, 2.05) is 59.5 Å². The molecule has 0 saturated heterocycles. The molecule has 0 aliphatic heterocycles. The Kier molecular flexibility index (Phi) is 5.77. The Balaban J connectivity index is 1.69. The molecule has 126 valence electrons. The Labute approximate surface area is 147 Å². The summed E-state index contributed by atoms with van der Waals surface area (Å²) in [6.45, 7) is 1.17. The Morgan fingerprint density at radius 2 is 1.88 bits per heavy atom. The van der Waals surface area contributed by atoms with E-state index in [0.717, 1.165) is 11.3 Å². The number of aromatic nitrogens is 1. The summed E-state index contributed by atoms with van der Waals surface area (Å²) in [6, 6.07) is 19.4. The highest BCUT2D eigenvalue weighted by Gasteiger charge is 2.12. The molecule has 1 aromatic carbocycles. The van der Waals surface area contributed by atoms with E-state index >= 15 is 0 Å². The molecule has 0 saturated carbocycles.